The number of hydrogen-bond acceptors (Lipinski definition) is 7. The molecule has 8 nitrogen and oxygen atoms in total. The van der Waals surface area contributed by atoms with E-state index in [0.29, 0.717) is 28.3 Å². The quantitative estimate of drug-likeness (QED) is 0.424. The molecular formula is C23H21F2N7OS. The summed E-state index contributed by atoms with van der Waals surface area (Å²) in [5.74, 6) is -0.553. The summed E-state index contributed by atoms with van der Waals surface area (Å²) in [7, 11) is 0. The molecule has 1 saturated heterocycles. The highest BCUT2D eigenvalue weighted by Crippen LogP contribution is 2.41. The van der Waals surface area contributed by atoms with Crippen LogP contribution in [0.25, 0.3) is 32.6 Å². The molecule has 0 bridgehead atoms. The fourth-order valence-electron chi connectivity index (χ4n) is 3.92. The Labute approximate surface area is 198 Å². The zero-order valence-corrected chi connectivity index (χ0v) is 19.1. The summed E-state index contributed by atoms with van der Waals surface area (Å²) in [5.41, 5.74) is 1.06. The van der Waals surface area contributed by atoms with Gasteiger partial charge in [-0.1, -0.05) is 11.3 Å². The average Bonchev–Trinajstić information content (AvgIpc) is 3.51. The molecule has 5 rings (SSSR count). The number of thiazole rings is 1. The average molecular weight is 482 g/mol. The first-order chi connectivity index (χ1) is 16.5. The van der Waals surface area contributed by atoms with Crippen LogP contribution in [-0.4, -0.2) is 45.6 Å². The van der Waals surface area contributed by atoms with Gasteiger partial charge in [0.25, 0.3) is 0 Å². The van der Waals surface area contributed by atoms with Gasteiger partial charge in [-0.15, -0.1) is 0 Å². The molecule has 2 N–H and O–H groups in total. The fraction of sp³-hybridized carbons (Fsp3) is 0.261. The van der Waals surface area contributed by atoms with E-state index in [9.17, 15) is 9.18 Å². The number of rotatable bonds is 5. The Morgan fingerprint density at radius 2 is 1.91 bits per heavy atom. The molecule has 2 amide bonds. The van der Waals surface area contributed by atoms with Crippen LogP contribution >= 0.6 is 11.3 Å². The lowest BCUT2D eigenvalue weighted by Crippen LogP contribution is -2.28. The molecule has 0 spiro atoms. The molecule has 1 fully saturated rings. The van der Waals surface area contributed by atoms with Crippen molar-refractivity contribution >= 4 is 38.7 Å². The van der Waals surface area contributed by atoms with E-state index in [4.69, 9.17) is 0 Å². The van der Waals surface area contributed by atoms with Crippen LogP contribution in [0.1, 0.15) is 19.8 Å². The highest BCUT2D eigenvalue weighted by molar-refractivity contribution is 7.22. The number of urea groups is 1. The third-order valence-corrected chi connectivity index (χ3v) is 6.52. The van der Waals surface area contributed by atoms with Gasteiger partial charge in [0.2, 0.25) is 5.95 Å². The summed E-state index contributed by atoms with van der Waals surface area (Å²) >= 11 is 1.05. The van der Waals surface area contributed by atoms with E-state index < -0.39 is 17.7 Å². The Bertz CT molecular complexity index is 1350. The van der Waals surface area contributed by atoms with Crippen molar-refractivity contribution in [1.82, 2.24) is 25.3 Å². The summed E-state index contributed by atoms with van der Waals surface area (Å²) in [5, 5.41) is 5.39. The van der Waals surface area contributed by atoms with Crippen molar-refractivity contribution < 1.29 is 13.6 Å². The number of carbonyl (C=O) groups excluding carboxylic acids is 1. The Balaban J connectivity index is 1.64. The number of pyridine rings is 1. The lowest BCUT2D eigenvalue weighted by Gasteiger charge is -2.15. The van der Waals surface area contributed by atoms with Crippen molar-refractivity contribution in [2.45, 2.75) is 19.8 Å². The molecule has 34 heavy (non-hydrogen) atoms. The van der Waals surface area contributed by atoms with Crippen molar-refractivity contribution in [3.05, 3.63) is 48.4 Å². The van der Waals surface area contributed by atoms with Gasteiger partial charge in [-0.2, -0.15) is 0 Å². The van der Waals surface area contributed by atoms with Crippen molar-refractivity contribution in [3.63, 3.8) is 0 Å². The topological polar surface area (TPSA) is 95.9 Å². The molecule has 1 aliphatic heterocycles. The van der Waals surface area contributed by atoms with E-state index in [1.165, 1.54) is 24.4 Å². The fourth-order valence-corrected chi connectivity index (χ4v) is 4.89. The van der Waals surface area contributed by atoms with Crippen molar-refractivity contribution in [1.29, 1.82) is 0 Å². The summed E-state index contributed by atoms with van der Waals surface area (Å²) in [6.45, 7) is 3.99. The van der Waals surface area contributed by atoms with Crippen LogP contribution in [0.4, 0.5) is 24.7 Å². The van der Waals surface area contributed by atoms with Gasteiger partial charge in [-0.25, -0.2) is 28.5 Å². The molecule has 0 saturated carbocycles. The number of amides is 2. The molecule has 0 aliphatic carbocycles. The predicted octanol–water partition coefficient (Wildman–Crippen LogP) is 4.84. The third-order valence-electron chi connectivity index (χ3n) is 5.51. The summed E-state index contributed by atoms with van der Waals surface area (Å²) in [6, 6.07) is 3.85. The Kier molecular flexibility index (Phi) is 6.01. The van der Waals surface area contributed by atoms with Gasteiger partial charge in [0.05, 0.1) is 4.70 Å². The second-order valence-electron chi connectivity index (χ2n) is 7.77. The van der Waals surface area contributed by atoms with E-state index in [0.717, 1.165) is 37.3 Å². The minimum Gasteiger partial charge on any atom is -0.341 e. The van der Waals surface area contributed by atoms with E-state index in [1.54, 1.807) is 19.3 Å². The van der Waals surface area contributed by atoms with Gasteiger partial charge in [-0.05, 0) is 38.0 Å². The zero-order chi connectivity index (χ0) is 23.7. The number of carbonyl (C=O) groups is 1. The smallest absolute Gasteiger partial charge is 0.321 e. The number of benzene rings is 1. The highest BCUT2D eigenvalue weighted by atomic mass is 32.1. The Morgan fingerprint density at radius 3 is 2.62 bits per heavy atom. The molecule has 0 atom stereocenters. The van der Waals surface area contributed by atoms with Gasteiger partial charge in [0, 0.05) is 54.9 Å². The minimum atomic E-state index is -0.604. The summed E-state index contributed by atoms with van der Waals surface area (Å²) < 4.78 is 30.8. The van der Waals surface area contributed by atoms with Crippen LogP contribution in [0.3, 0.4) is 0 Å². The minimum absolute atomic E-state index is 0.0120. The van der Waals surface area contributed by atoms with Crippen LogP contribution in [0.15, 0.2) is 36.8 Å². The Morgan fingerprint density at radius 1 is 1.15 bits per heavy atom. The Hall–Kier alpha value is -3.73. The number of halogens is 2. The molecule has 174 valence electrons. The summed E-state index contributed by atoms with van der Waals surface area (Å²) in [4.78, 5) is 31.4. The van der Waals surface area contributed by atoms with Crippen LogP contribution in [0.2, 0.25) is 0 Å². The first-order valence-electron chi connectivity index (χ1n) is 10.9. The van der Waals surface area contributed by atoms with E-state index in [1.807, 2.05) is 0 Å². The zero-order valence-electron chi connectivity index (χ0n) is 18.3. The van der Waals surface area contributed by atoms with Crippen LogP contribution in [0, 0.1) is 11.6 Å². The number of hydrogen-bond donors (Lipinski definition) is 2. The molecule has 0 radical (unpaired) electrons. The molecule has 4 heterocycles. The van der Waals surface area contributed by atoms with E-state index in [2.05, 4.69) is 35.5 Å². The first-order valence-corrected chi connectivity index (χ1v) is 11.7. The van der Waals surface area contributed by atoms with Gasteiger partial charge in [0.1, 0.15) is 17.0 Å². The SMILES string of the molecule is CCNC(=O)Nc1nc2c(F)c(-c3cnc(N4CCCC4)nc3)cc(-c3ncccc3F)c2s1. The standard InChI is InChI=1S/C23H21F2N7OS/c1-2-26-22(33)31-23-30-19-17(25)14(13-11-28-21(29-12-13)32-8-3-4-9-32)10-15(20(19)34-23)18-16(24)6-5-7-27-18/h5-7,10-12H,2-4,8-9H2,1H3,(H2,26,30,31,33). The van der Waals surface area contributed by atoms with Crippen LogP contribution in [-0.2, 0) is 0 Å². The lowest BCUT2D eigenvalue weighted by atomic mass is 10.0. The normalized spacial score (nSPS) is 13.4. The second kappa shape index (κ2) is 9.26. The number of aromatic nitrogens is 4. The second-order valence-corrected chi connectivity index (χ2v) is 8.77. The molecule has 3 aromatic heterocycles. The largest absolute Gasteiger partial charge is 0.341 e. The van der Waals surface area contributed by atoms with Crippen molar-refractivity contribution in [2.75, 3.05) is 29.9 Å². The van der Waals surface area contributed by atoms with Crippen LogP contribution in [0.5, 0.6) is 0 Å². The lowest BCUT2D eigenvalue weighted by molar-refractivity contribution is 0.252. The van der Waals surface area contributed by atoms with Crippen molar-refractivity contribution in [2.24, 2.45) is 0 Å². The van der Waals surface area contributed by atoms with E-state index >= 15 is 4.39 Å². The maximum atomic E-state index is 15.7. The molecule has 1 aliphatic rings. The molecule has 0 unspecified atom stereocenters. The predicted molar refractivity (Wildman–Crippen MR) is 128 cm³/mol. The maximum Gasteiger partial charge on any atom is 0.321 e. The highest BCUT2D eigenvalue weighted by Gasteiger charge is 2.23. The molecular weight excluding hydrogens is 460 g/mol. The molecule has 1 aromatic carbocycles. The number of nitrogens with one attached hydrogen (secondary N) is 2. The number of nitrogens with zero attached hydrogens (tertiary/aromatic N) is 5. The van der Waals surface area contributed by atoms with Gasteiger partial charge in [-0.3, -0.25) is 10.3 Å². The van der Waals surface area contributed by atoms with Crippen molar-refractivity contribution in [3.8, 4) is 22.4 Å². The van der Waals surface area contributed by atoms with Gasteiger partial charge in [0.15, 0.2) is 10.9 Å². The third kappa shape index (κ3) is 4.14. The monoisotopic (exact) mass is 481 g/mol. The van der Waals surface area contributed by atoms with E-state index in [-0.39, 0.29) is 21.9 Å². The van der Waals surface area contributed by atoms with Gasteiger partial charge >= 0.3 is 6.03 Å². The van der Waals surface area contributed by atoms with Crippen LogP contribution < -0.4 is 15.5 Å². The number of fused-ring (bicyclic) bond motifs is 1. The number of anilines is 2. The summed E-state index contributed by atoms with van der Waals surface area (Å²) in [6.07, 6.45) is 6.77. The molecule has 4 aromatic rings. The maximum absolute atomic E-state index is 15.7. The van der Waals surface area contributed by atoms with Gasteiger partial charge < -0.3 is 10.2 Å². The first kappa shape index (κ1) is 22.1. The molecule has 11 heteroatoms.